The molecule has 0 aromatic heterocycles. The summed E-state index contributed by atoms with van der Waals surface area (Å²) in [6, 6.07) is 2.43. The highest BCUT2D eigenvalue weighted by atomic mass is 35.5. The summed E-state index contributed by atoms with van der Waals surface area (Å²) in [7, 11) is 0. The molecule has 0 heterocycles. The lowest BCUT2D eigenvalue weighted by Gasteiger charge is -2.13. The molecule has 0 aliphatic heterocycles. The van der Waals surface area contributed by atoms with Crippen molar-refractivity contribution in [2.45, 2.75) is 12.5 Å². The maximum Gasteiger partial charge on any atom is 0.326 e. The molecular formula is C13H15Cl2N3O5. The van der Waals surface area contributed by atoms with Gasteiger partial charge in [0.25, 0.3) is 5.91 Å². The van der Waals surface area contributed by atoms with E-state index in [0.29, 0.717) is 10.8 Å². The zero-order chi connectivity index (χ0) is 17.4. The molecule has 1 aromatic rings. The lowest BCUT2D eigenvalue weighted by Crippen LogP contribution is -2.45. The largest absolute Gasteiger partial charge is 0.482 e. The summed E-state index contributed by atoms with van der Waals surface area (Å²) < 4.78 is 5.21. The van der Waals surface area contributed by atoms with Crippen molar-refractivity contribution in [3.63, 3.8) is 0 Å². The van der Waals surface area contributed by atoms with Crippen LogP contribution in [0.2, 0.25) is 10.0 Å². The second-order valence-corrected chi connectivity index (χ2v) is 5.25. The predicted molar refractivity (Wildman–Crippen MR) is 83.7 cm³/mol. The first-order valence-corrected chi connectivity index (χ1v) is 7.18. The summed E-state index contributed by atoms with van der Waals surface area (Å²) in [6.07, 6.45) is -0.0221. The molecule has 0 bridgehead atoms. The summed E-state index contributed by atoms with van der Waals surface area (Å²) in [6.45, 7) is -0.282. The van der Waals surface area contributed by atoms with Crippen LogP contribution in [0.1, 0.15) is 6.42 Å². The lowest BCUT2D eigenvalue weighted by atomic mass is 10.2. The number of carboxylic acids is 1. The molecule has 23 heavy (non-hydrogen) atoms. The Labute approximate surface area is 141 Å². The monoisotopic (exact) mass is 363 g/mol. The number of amides is 3. The minimum atomic E-state index is -1.25. The fourth-order valence-electron chi connectivity index (χ4n) is 1.57. The molecule has 3 amide bonds. The van der Waals surface area contributed by atoms with E-state index < -0.39 is 23.9 Å². The third-order valence-electron chi connectivity index (χ3n) is 2.62. The number of halogens is 2. The van der Waals surface area contributed by atoms with E-state index in [1.807, 2.05) is 0 Å². The molecule has 0 saturated heterocycles. The van der Waals surface area contributed by atoms with Gasteiger partial charge in [0, 0.05) is 11.6 Å². The van der Waals surface area contributed by atoms with Gasteiger partial charge in [-0.1, -0.05) is 23.2 Å². The first-order valence-electron chi connectivity index (χ1n) is 6.43. The van der Waals surface area contributed by atoms with E-state index in [1.165, 1.54) is 12.1 Å². The molecule has 0 fully saturated rings. The van der Waals surface area contributed by atoms with Crippen LogP contribution < -0.4 is 21.1 Å². The molecule has 0 aliphatic carbocycles. The second-order valence-electron chi connectivity index (χ2n) is 4.40. The Hall–Kier alpha value is -2.19. The van der Waals surface area contributed by atoms with Crippen LogP contribution in [0, 0.1) is 0 Å². The topological polar surface area (TPSA) is 131 Å². The van der Waals surface area contributed by atoms with Gasteiger partial charge in [-0.25, -0.2) is 9.59 Å². The molecule has 0 spiro atoms. The van der Waals surface area contributed by atoms with Crippen LogP contribution in [0.15, 0.2) is 18.2 Å². The first kappa shape index (κ1) is 18.9. The number of nitrogens with one attached hydrogen (secondary N) is 2. The van der Waals surface area contributed by atoms with Gasteiger partial charge < -0.3 is 26.2 Å². The van der Waals surface area contributed by atoms with Crippen LogP contribution in [0.3, 0.4) is 0 Å². The highest BCUT2D eigenvalue weighted by molar-refractivity contribution is 6.35. The SMILES string of the molecule is NC(=O)NC(CCNC(=O)COc1ccc(Cl)cc1Cl)C(=O)O. The third kappa shape index (κ3) is 7.07. The number of carbonyl (C=O) groups excluding carboxylic acids is 2. The quantitative estimate of drug-likeness (QED) is 0.547. The van der Waals surface area contributed by atoms with E-state index in [1.54, 1.807) is 6.07 Å². The first-order chi connectivity index (χ1) is 10.8. The average Bonchev–Trinajstić information content (AvgIpc) is 2.44. The molecule has 126 valence electrons. The van der Waals surface area contributed by atoms with E-state index in [4.69, 9.17) is 38.8 Å². The molecule has 0 saturated carbocycles. The fourth-order valence-corrected chi connectivity index (χ4v) is 2.03. The predicted octanol–water partition coefficient (Wildman–Crippen LogP) is 1.00. The number of primary amides is 1. The molecule has 1 aromatic carbocycles. The number of rotatable bonds is 8. The van der Waals surface area contributed by atoms with Crippen molar-refractivity contribution in [2.24, 2.45) is 5.73 Å². The molecule has 10 heteroatoms. The average molecular weight is 364 g/mol. The van der Waals surface area contributed by atoms with Gasteiger partial charge in [0.15, 0.2) is 6.61 Å². The van der Waals surface area contributed by atoms with Crippen molar-refractivity contribution in [1.82, 2.24) is 10.6 Å². The Morgan fingerprint density at radius 1 is 1.30 bits per heavy atom. The molecule has 1 unspecified atom stereocenters. The molecule has 0 aliphatic rings. The van der Waals surface area contributed by atoms with E-state index in [2.05, 4.69) is 10.6 Å². The van der Waals surface area contributed by atoms with Gasteiger partial charge in [0.1, 0.15) is 11.8 Å². The Morgan fingerprint density at radius 3 is 2.57 bits per heavy atom. The minimum absolute atomic E-state index is 0.0216. The summed E-state index contributed by atoms with van der Waals surface area (Å²) >= 11 is 11.6. The maximum absolute atomic E-state index is 11.6. The summed E-state index contributed by atoms with van der Waals surface area (Å²) in [5, 5.41) is 14.1. The van der Waals surface area contributed by atoms with Gasteiger partial charge in [0.2, 0.25) is 0 Å². The summed E-state index contributed by atoms with van der Waals surface area (Å²) in [5.41, 5.74) is 4.86. The number of hydrogen-bond acceptors (Lipinski definition) is 4. The molecule has 1 rings (SSSR count). The molecule has 8 nitrogen and oxygen atoms in total. The van der Waals surface area contributed by atoms with E-state index in [9.17, 15) is 14.4 Å². The van der Waals surface area contributed by atoms with Gasteiger partial charge in [-0.15, -0.1) is 0 Å². The zero-order valence-electron chi connectivity index (χ0n) is 11.8. The van der Waals surface area contributed by atoms with Crippen molar-refractivity contribution >= 4 is 41.1 Å². The molecular weight excluding hydrogens is 349 g/mol. The Bertz CT molecular complexity index is 597. The molecule has 1 atom stereocenters. The van der Waals surface area contributed by atoms with Gasteiger partial charge in [-0.2, -0.15) is 0 Å². The number of urea groups is 1. The lowest BCUT2D eigenvalue weighted by molar-refractivity contribution is -0.139. The molecule has 5 N–H and O–H groups in total. The van der Waals surface area contributed by atoms with E-state index >= 15 is 0 Å². The van der Waals surface area contributed by atoms with Crippen molar-refractivity contribution in [2.75, 3.05) is 13.2 Å². The Morgan fingerprint density at radius 2 is 2.00 bits per heavy atom. The normalized spacial score (nSPS) is 11.4. The van der Waals surface area contributed by atoms with Gasteiger partial charge in [-0.3, -0.25) is 4.79 Å². The zero-order valence-corrected chi connectivity index (χ0v) is 13.4. The van der Waals surface area contributed by atoms with Crippen LogP contribution in [0.4, 0.5) is 4.79 Å². The van der Waals surface area contributed by atoms with Crippen molar-refractivity contribution in [3.8, 4) is 5.75 Å². The summed E-state index contributed by atoms with van der Waals surface area (Å²) in [4.78, 5) is 33.1. The number of nitrogens with two attached hydrogens (primary N) is 1. The molecule has 0 radical (unpaired) electrons. The number of carbonyl (C=O) groups is 3. The van der Waals surface area contributed by atoms with Crippen LogP contribution in [-0.4, -0.2) is 42.2 Å². The van der Waals surface area contributed by atoms with Crippen molar-refractivity contribution in [3.05, 3.63) is 28.2 Å². The third-order valence-corrected chi connectivity index (χ3v) is 3.15. The van der Waals surface area contributed by atoms with Gasteiger partial charge in [-0.05, 0) is 24.6 Å². The fraction of sp³-hybridized carbons (Fsp3) is 0.308. The smallest absolute Gasteiger partial charge is 0.326 e. The maximum atomic E-state index is 11.6. The number of benzene rings is 1. The van der Waals surface area contributed by atoms with Gasteiger partial charge in [0.05, 0.1) is 5.02 Å². The minimum Gasteiger partial charge on any atom is -0.482 e. The van der Waals surface area contributed by atoms with Crippen LogP contribution in [0.25, 0.3) is 0 Å². The standard InChI is InChI=1S/C13H15Cl2N3O5/c14-7-1-2-10(8(15)5-7)23-6-11(19)17-4-3-9(12(20)21)18-13(16)22/h1-2,5,9H,3-4,6H2,(H,17,19)(H,20,21)(H3,16,18,22). The number of ether oxygens (including phenoxy) is 1. The Balaban J connectivity index is 2.36. The van der Waals surface area contributed by atoms with E-state index in [0.717, 1.165) is 0 Å². The summed E-state index contributed by atoms with van der Waals surface area (Å²) in [5.74, 6) is -1.42. The number of hydrogen-bond donors (Lipinski definition) is 4. The van der Waals surface area contributed by atoms with Crippen LogP contribution >= 0.6 is 23.2 Å². The Kier molecular flexibility index (Phi) is 7.43. The van der Waals surface area contributed by atoms with Crippen molar-refractivity contribution in [1.29, 1.82) is 0 Å². The number of carboxylic acid groups (broad SMARTS) is 1. The van der Waals surface area contributed by atoms with Crippen molar-refractivity contribution < 1.29 is 24.2 Å². The van der Waals surface area contributed by atoms with Crippen LogP contribution in [0.5, 0.6) is 5.75 Å². The van der Waals surface area contributed by atoms with Crippen LogP contribution in [-0.2, 0) is 9.59 Å². The highest BCUT2D eigenvalue weighted by Gasteiger charge is 2.18. The van der Waals surface area contributed by atoms with Gasteiger partial charge >= 0.3 is 12.0 Å². The number of aliphatic carboxylic acids is 1. The second kappa shape index (κ2) is 9.06. The highest BCUT2D eigenvalue weighted by Crippen LogP contribution is 2.27. The van der Waals surface area contributed by atoms with E-state index in [-0.39, 0.29) is 24.6 Å².